The van der Waals surface area contributed by atoms with Gasteiger partial charge in [0, 0.05) is 12.3 Å². The fraction of sp³-hybridized carbons (Fsp3) is 0.429. The summed E-state index contributed by atoms with van der Waals surface area (Å²) in [5, 5.41) is 4.05. The second-order valence-corrected chi connectivity index (χ2v) is 5.11. The molecule has 1 aliphatic rings. The van der Waals surface area contributed by atoms with Crippen molar-refractivity contribution in [2.45, 2.75) is 31.8 Å². The van der Waals surface area contributed by atoms with E-state index in [1.807, 2.05) is 31.2 Å². The van der Waals surface area contributed by atoms with Gasteiger partial charge in [0.15, 0.2) is 0 Å². The first-order valence-corrected chi connectivity index (χ1v) is 6.47. The molecule has 1 aromatic heterocycles. The van der Waals surface area contributed by atoms with Gasteiger partial charge in [-0.25, -0.2) is 0 Å². The maximum absolute atomic E-state index is 5.70. The molecule has 2 N–H and O–H groups in total. The van der Waals surface area contributed by atoms with Crippen molar-refractivity contribution in [3.8, 4) is 0 Å². The first kappa shape index (κ1) is 12.2. The molecule has 1 aromatic carbocycles. The minimum Gasteiger partial charge on any atom is -0.399 e. The van der Waals surface area contributed by atoms with Crippen LogP contribution in [0.3, 0.4) is 0 Å². The number of hydrogen-bond donors (Lipinski definition) is 1. The van der Waals surface area contributed by atoms with Gasteiger partial charge in [0.05, 0.1) is 6.42 Å². The summed E-state index contributed by atoms with van der Waals surface area (Å²) in [5.41, 5.74) is 7.12. The number of anilines is 1. The van der Waals surface area contributed by atoms with Crippen LogP contribution in [0, 0.1) is 0 Å². The van der Waals surface area contributed by atoms with E-state index in [0.29, 0.717) is 18.1 Å². The van der Waals surface area contributed by atoms with E-state index in [2.05, 4.69) is 10.1 Å². The van der Waals surface area contributed by atoms with Crippen molar-refractivity contribution in [1.29, 1.82) is 0 Å². The SMILES string of the molecule is CC1(c2noc(Cc3ccc(N)cc3)n2)CCCO1. The molecule has 1 atom stereocenters. The van der Waals surface area contributed by atoms with Gasteiger partial charge >= 0.3 is 0 Å². The molecule has 0 aliphatic carbocycles. The number of nitrogens with two attached hydrogens (primary N) is 1. The Morgan fingerprint density at radius 1 is 1.32 bits per heavy atom. The van der Waals surface area contributed by atoms with Gasteiger partial charge in [-0.1, -0.05) is 17.3 Å². The van der Waals surface area contributed by atoms with Crippen molar-refractivity contribution in [3.05, 3.63) is 41.5 Å². The maximum Gasteiger partial charge on any atom is 0.231 e. The maximum atomic E-state index is 5.70. The molecule has 19 heavy (non-hydrogen) atoms. The summed E-state index contributed by atoms with van der Waals surface area (Å²) in [6, 6.07) is 7.67. The number of benzene rings is 1. The predicted octanol–water partition coefficient (Wildman–Crippen LogP) is 2.27. The number of ether oxygens (including phenoxy) is 1. The fourth-order valence-corrected chi connectivity index (χ4v) is 2.31. The number of rotatable bonds is 3. The lowest BCUT2D eigenvalue weighted by Gasteiger charge is -2.17. The third-order valence-corrected chi connectivity index (χ3v) is 3.49. The second-order valence-electron chi connectivity index (χ2n) is 5.11. The first-order chi connectivity index (χ1) is 9.16. The highest BCUT2D eigenvalue weighted by atomic mass is 16.5. The molecule has 5 nitrogen and oxygen atoms in total. The summed E-state index contributed by atoms with van der Waals surface area (Å²) in [6.07, 6.45) is 2.59. The van der Waals surface area contributed by atoms with E-state index >= 15 is 0 Å². The summed E-state index contributed by atoms with van der Waals surface area (Å²) < 4.78 is 11.0. The van der Waals surface area contributed by atoms with Crippen LogP contribution in [-0.4, -0.2) is 16.7 Å². The third-order valence-electron chi connectivity index (χ3n) is 3.49. The molecule has 3 rings (SSSR count). The fourth-order valence-electron chi connectivity index (χ4n) is 2.31. The lowest BCUT2D eigenvalue weighted by atomic mass is 10.0. The highest BCUT2D eigenvalue weighted by Crippen LogP contribution is 2.33. The van der Waals surface area contributed by atoms with Crippen molar-refractivity contribution in [2.75, 3.05) is 12.3 Å². The molecule has 1 aliphatic heterocycles. The van der Waals surface area contributed by atoms with E-state index in [1.165, 1.54) is 0 Å². The lowest BCUT2D eigenvalue weighted by molar-refractivity contribution is 0.00768. The zero-order chi connectivity index (χ0) is 13.3. The van der Waals surface area contributed by atoms with Crippen molar-refractivity contribution in [1.82, 2.24) is 10.1 Å². The van der Waals surface area contributed by atoms with Crippen LogP contribution in [-0.2, 0) is 16.8 Å². The number of nitrogens with zero attached hydrogens (tertiary/aromatic N) is 2. The number of nitrogen functional groups attached to an aromatic ring is 1. The van der Waals surface area contributed by atoms with Crippen LogP contribution in [0.1, 0.15) is 37.0 Å². The minimum absolute atomic E-state index is 0.386. The van der Waals surface area contributed by atoms with Crippen LogP contribution in [0.4, 0.5) is 5.69 Å². The normalized spacial score (nSPS) is 22.8. The van der Waals surface area contributed by atoms with Gasteiger partial charge in [0.25, 0.3) is 0 Å². The van der Waals surface area contributed by atoms with E-state index in [-0.39, 0.29) is 5.60 Å². The molecule has 1 unspecified atom stereocenters. The average molecular weight is 259 g/mol. The molecule has 0 spiro atoms. The van der Waals surface area contributed by atoms with Gasteiger partial charge < -0.3 is 15.0 Å². The first-order valence-electron chi connectivity index (χ1n) is 6.47. The molecule has 5 heteroatoms. The van der Waals surface area contributed by atoms with Crippen LogP contribution >= 0.6 is 0 Å². The third kappa shape index (κ3) is 2.46. The monoisotopic (exact) mass is 259 g/mol. The van der Waals surface area contributed by atoms with Crippen molar-refractivity contribution >= 4 is 5.69 Å². The summed E-state index contributed by atoms with van der Waals surface area (Å²) in [6.45, 7) is 2.77. The van der Waals surface area contributed by atoms with E-state index in [0.717, 1.165) is 30.7 Å². The lowest BCUT2D eigenvalue weighted by Crippen LogP contribution is -2.21. The van der Waals surface area contributed by atoms with E-state index in [1.54, 1.807) is 0 Å². The minimum atomic E-state index is -0.386. The number of aromatic nitrogens is 2. The van der Waals surface area contributed by atoms with Gasteiger partial charge in [0.1, 0.15) is 5.60 Å². The van der Waals surface area contributed by atoms with Crippen LogP contribution in [0.5, 0.6) is 0 Å². The summed E-state index contributed by atoms with van der Waals surface area (Å²) in [5.74, 6) is 1.26. The molecule has 0 amide bonds. The zero-order valence-corrected chi connectivity index (χ0v) is 10.9. The Morgan fingerprint density at radius 3 is 2.79 bits per heavy atom. The standard InChI is InChI=1S/C14H17N3O2/c1-14(7-2-8-18-14)13-16-12(19-17-13)9-10-3-5-11(15)6-4-10/h3-6H,2,7-9,15H2,1H3. The Balaban J connectivity index is 1.76. The Hall–Kier alpha value is -1.88. The summed E-state index contributed by atoms with van der Waals surface area (Å²) in [7, 11) is 0. The van der Waals surface area contributed by atoms with Crippen LogP contribution in [0.15, 0.2) is 28.8 Å². The Labute approximate surface area is 111 Å². The molecule has 100 valence electrons. The van der Waals surface area contributed by atoms with Crippen molar-refractivity contribution in [2.24, 2.45) is 0 Å². The molecule has 0 bridgehead atoms. The van der Waals surface area contributed by atoms with Crippen LogP contribution in [0.25, 0.3) is 0 Å². The van der Waals surface area contributed by atoms with Crippen molar-refractivity contribution < 1.29 is 9.26 Å². The van der Waals surface area contributed by atoms with Gasteiger partial charge in [0.2, 0.25) is 11.7 Å². The van der Waals surface area contributed by atoms with Gasteiger partial charge in [-0.05, 0) is 37.5 Å². The quantitative estimate of drug-likeness (QED) is 0.856. The predicted molar refractivity (Wildman–Crippen MR) is 70.5 cm³/mol. The Kier molecular flexibility index (Phi) is 2.98. The number of hydrogen-bond acceptors (Lipinski definition) is 5. The van der Waals surface area contributed by atoms with Gasteiger partial charge in [-0.15, -0.1) is 0 Å². The van der Waals surface area contributed by atoms with E-state index in [9.17, 15) is 0 Å². The molecule has 0 saturated carbocycles. The highest BCUT2D eigenvalue weighted by Gasteiger charge is 2.36. The smallest absolute Gasteiger partial charge is 0.231 e. The van der Waals surface area contributed by atoms with Gasteiger partial charge in [-0.3, -0.25) is 0 Å². The molecule has 2 heterocycles. The molecular weight excluding hydrogens is 242 g/mol. The largest absolute Gasteiger partial charge is 0.399 e. The topological polar surface area (TPSA) is 74.2 Å². The van der Waals surface area contributed by atoms with Crippen molar-refractivity contribution in [3.63, 3.8) is 0 Å². The van der Waals surface area contributed by atoms with E-state index in [4.69, 9.17) is 15.0 Å². The molecular formula is C14H17N3O2. The van der Waals surface area contributed by atoms with Crippen LogP contribution in [0.2, 0.25) is 0 Å². The average Bonchev–Trinajstić information content (AvgIpc) is 3.02. The zero-order valence-electron chi connectivity index (χ0n) is 10.9. The molecule has 1 saturated heterocycles. The summed E-state index contributed by atoms with van der Waals surface area (Å²) in [4.78, 5) is 4.45. The Morgan fingerprint density at radius 2 is 2.11 bits per heavy atom. The highest BCUT2D eigenvalue weighted by molar-refractivity contribution is 5.39. The van der Waals surface area contributed by atoms with E-state index < -0.39 is 0 Å². The molecule has 0 radical (unpaired) electrons. The molecule has 1 fully saturated rings. The van der Waals surface area contributed by atoms with Crippen LogP contribution < -0.4 is 5.73 Å². The second kappa shape index (κ2) is 4.66. The Bertz CT molecular complexity index is 556. The summed E-state index contributed by atoms with van der Waals surface area (Å²) >= 11 is 0. The van der Waals surface area contributed by atoms with Gasteiger partial charge in [-0.2, -0.15) is 4.98 Å². The molecule has 2 aromatic rings.